The molecule has 1 fully saturated rings. The van der Waals surface area contributed by atoms with Gasteiger partial charge in [-0.1, -0.05) is 51.9 Å². The Morgan fingerprint density at radius 1 is 1.22 bits per heavy atom. The summed E-state index contributed by atoms with van der Waals surface area (Å²) in [5, 5.41) is 0. The van der Waals surface area contributed by atoms with Gasteiger partial charge in [-0.15, -0.1) is 0 Å². The largest absolute Gasteiger partial charge is 0.383 e. The van der Waals surface area contributed by atoms with Crippen molar-refractivity contribution in [1.82, 2.24) is 14.5 Å². The van der Waals surface area contributed by atoms with Gasteiger partial charge in [-0.2, -0.15) is 0 Å². The zero-order valence-corrected chi connectivity index (χ0v) is 14.5. The third-order valence-electron chi connectivity index (χ3n) is 4.55. The van der Waals surface area contributed by atoms with Crippen LogP contribution in [0.1, 0.15) is 64.3 Å². The smallest absolute Gasteiger partial charge is 0.142 e. The standard InChI is InChI=1S/C19H25N4/c1-19(2,3)18-22-15-12-21-17(20)14(16(15)23(18)4)11-10-13-8-6-5-7-9-13/h13H,5-9H2,1-4H3,(H2,20,21). The van der Waals surface area contributed by atoms with E-state index in [0.717, 1.165) is 22.4 Å². The van der Waals surface area contributed by atoms with Crippen LogP contribution >= 0.6 is 0 Å². The summed E-state index contributed by atoms with van der Waals surface area (Å²) in [4.78, 5) is 8.88. The van der Waals surface area contributed by atoms with Gasteiger partial charge in [-0.3, -0.25) is 0 Å². The molecule has 4 nitrogen and oxygen atoms in total. The number of nitrogens with zero attached hydrogens (tertiary/aromatic N) is 3. The van der Waals surface area contributed by atoms with Crippen molar-refractivity contribution in [2.75, 3.05) is 5.73 Å². The Kier molecular flexibility index (Phi) is 4.06. The Balaban J connectivity index is 2.10. The fourth-order valence-electron chi connectivity index (χ4n) is 3.37. The van der Waals surface area contributed by atoms with E-state index in [4.69, 9.17) is 10.7 Å². The molecule has 2 N–H and O–H groups in total. The van der Waals surface area contributed by atoms with Crippen LogP contribution in [0.3, 0.4) is 0 Å². The molecule has 0 aromatic carbocycles. The Labute approximate surface area is 138 Å². The Morgan fingerprint density at radius 3 is 2.57 bits per heavy atom. The highest BCUT2D eigenvalue weighted by Crippen LogP contribution is 2.28. The maximum Gasteiger partial charge on any atom is 0.142 e. The van der Waals surface area contributed by atoms with Crippen molar-refractivity contribution in [3.63, 3.8) is 0 Å². The number of pyridine rings is 1. The molecule has 1 aliphatic rings. The second kappa shape index (κ2) is 5.88. The molecule has 0 bridgehead atoms. The molecular weight excluding hydrogens is 284 g/mol. The maximum atomic E-state index is 6.10. The topological polar surface area (TPSA) is 56.7 Å². The highest BCUT2D eigenvalue weighted by Gasteiger charge is 2.23. The number of anilines is 1. The predicted octanol–water partition coefficient (Wildman–Crippen LogP) is 3.58. The Bertz CT molecular complexity index is 778. The van der Waals surface area contributed by atoms with E-state index in [9.17, 15) is 0 Å². The summed E-state index contributed by atoms with van der Waals surface area (Å²) >= 11 is 0. The number of hydrogen-bond donors (Lipinski definition) is 1. The summed E-state index contributed by atoms with van der Waals surface area (Å²) in [6.07, 6.45) is 9.25. The molecule has 121 valence electrons. The number of rotatable bonds is 0. The minimum atomic E-state index is -0.0512. The third-order valence-corrected chi connectivity index (χ3v) is 4.55. The first-order valence-corrected chi connectivity index (χ1v) is 8.43. The highest BCUT2D eigenvalue weighted by atomic mass is 15.1. The summed E-state index contributed by atoms with van der Waals surface area (Å²) in [6, 6.07) is 0. The van der Waals surface area contributed by atoms with Crippen molar-refractivity contribution in [3.8, 4) is 11.8 Å². The first-order valence-electron chi connectivity index (χ1n) is 8.43. The zero-order chi connectivity index (χ0) is 16.6. The fourth-order valence-corrected chi connectivity index (χ4v) is 3.37. The Morgan fingerprint density at radius 2 is 1.91 bits per heavy atom. The third kappa shape index (κ3) is 3.06. The normalized spacial score (nSPS) is 16.3. The summed E-state index contributed by atoms with van der Waals surface area (Å²) < 4.78 is 2.09. The molecule has 0 amide bonds. The number of aryl methyl sites for hydroxylation is 1. The van der Waals surface area contributed by atoms with Gasteiger partial charge in [0.05, 0.1) is 11.1 Å². The average molecular weight is 309 g/mol. The van der Waals surface area contributed by atoms with Gasteiger partial charge >= 0.3 is 0 Å². The van der Waals surface area contributed by atoms with Crippen LogP contribution in [0.25, 0.3) is 11.0 Å². The van der Waals surface area contributed by atoms with Crippen LogP contribution in [0.2, 0.25) is 0 Å². The van der Waals surface area contributed by atoms with E-state index < -0.39 is 0 Å². The molecule has 2 heterocycles. The minimum Gasteiger partial charge on any atom is -0.383 e. The van der Waals surface area contributed by atoms with Crippen LogP contribution in [-0.4, -0.2) is 14.5 Å². The summed E-state index contributed by atoms with van der Waals surface area (Å²) in [6.45, 7) is 6.45. The highest BCUT2D eigenvalue weighted by molar-refractivity contribution is 5.85. The second-order valence-corrected chi connectivity index (χ2v) is 7.53. The molecule has 3 rings (SSSR count). The molecule has 0 aliphatic heterocycles. The average Bonchev–Trinajstić information content (AvgIpc) is 2.85. The lowest BCUT2D eigenvalue weighted by Gasteiger charge is -2.18. The van der Waals surface area contributed by atoms with Crippen molar-refractivity contribution in [2.24, 2.45) is 13.0 Å². The van der Waals surface area contributed by atoms with Crippen molar-refractivity contribution in [1.29, 1.82) is 0 Å². The minimum absolute atomic E-state index is 0.0512. The van der Waals surface area contributed by atoms with Gasteiger partial charge in [0.1, 0.15) is 23.4 Å². The van der Waals surface area contributed by atoms with Gasteiger partial charge in [0.25, 0.3) is 0 Å². The Hall–Kier alpha value is -2.02. The molecule has 1 radical (unpaired) electrons. The molecule has 0 atom stereocenters. The predicted molar refractivity (Wildman–Crippen MR) is 93.9 cm³/mol. The number of aromatic nitrogens is 3. The molecular formula is C19H25N4. The monoisotopic (exact) mass is 309 g/mol. The number of fused-ring (bicyclic) bond motifs is 1. The fraction of sp³-hybridized carbons (Fsp3) is 0.579. The van der Waals surface area contributed by atoms with Crippen LogP contribution in [0.15, 0.2) is 0 Å². The quantitative estimate of drug-likeness (QED) is 0.757. The number of hydrogen-bond acceptors (Lipinski definition) is 3. The lowest BCUT2D eigenvalue weighted by Crippen LogP contribution is -2.17. The van der Waals surface area contributed by atoms with Crippen LogP contribution in [-0.2, 0) is 12.5 Å². The number of nitrogen functional groups attached to an aromatic ring is 1. The van der Waals surface area contributed by atoms with Gasteiger partial charge < -0.3 is 10.3 Å². The van der Waals surface area contributed by atoms with Gasteiger partial charge in [-0.25, -0.2) is 9.97 Å². The summed E-state index contributed by atoms with van der Waals surface area (Å²) in [5.74, 6) is 8.66. The number of nitrogens with two attached hydrogens (primary N) is 1. The van der Waals surface area contributed by atoms with E-state index in [0.29, 0.717) is 11.7 Å². The zero-order valence-electron chi connectivity index (χ0n) is 14.5. The van der Waals surface area contributed by atoms with E-state index in [1.165, 1.54) is 32.1 Å². The van der Waals surface area contributed by atoms with E-state index >= 15 is 0 Å². The van der Waals surface area contributed by atoms with Crippen LogP contribution in [0.5, 0.6) is 0 Å². The van der Waals surface area contributed by atoms with Gasteiger partial charge in [0, 0.05) is 18.4 Å². The molecule has 1 saturated carbocycles. The molecule has 0 spiro atoms. The van der Waals surface area contributed by atoms with E-state index in [-0.39, 0.29) is 5.41 Å². The van der Waals surface area contributed by atoms with Crippen LogP contribution in [0.4, 0.5) is 5.82 Å². The maximum absolute atomic E-state index is 6.10. The molecule has 4 heteroatoms. The van der Waals surface area contributed by atoms with Gasteiger partial charge in [0.2, 0.25) is 0 Å². The SMILES string of the molecule is Cn1c(C(C)(C)C)nc2[c]nc(N)c(C#CC3CCCCC3)c21. The number of imidazole rings is 1. The molecule has 2 aromatic rings. The van der Waals surface area contributed by atoms with Crippen molar-refractivity contribution in [2.45, 2.75) is 58.3 Å². The van der Waals surface area contributed by atoms with E-state index in [2.05, 4.69) is 48.4 Å². The van der Waals surface area contributed by atoms with Crippen molar-refractivity contribution < 1.29 is 0 Å². The van der Waals surface area contributed by atoms with E-state index in [1.807, 2.05) is 7.05 Å². The van der Waals surface area contributed by atoms with E-state index in [1.54, 1.807) is 0 Å². The van der Waals surface area contributed by atoms with Crippen LogP contribution < -0.4 is 5.73 Å². The van der Waals surface area contributed by atoms with Gasteiger partial charge in [0.15, 0.2) is 0 Å². The lowest BCUT2D eigenvalue weighted by atomic mass is 9.89. The van der Waals surface area contributed by atoms with Crippen LogP contribution in [0, 0.1) is 24.0 Å². The van der Waals surface area contributed by atoms with Gasteiger partial charge in [-0.05, 0) is 12.8 Å². The lowest BCUT2D eigenvalue weighted by molar-refractivity contribution is 0.430. The molecule has 0 saturated heterocycles. The van der Waals surface area contributed by atoms with Crippen molar-refractivity contribution >= 4 is 16.9 Å². The van der Waals surface area contributed by atoms with Crippen molar-refractivity contribution in [3.05, 3.63) is 17.6 Å². The molecule has 23 heavy (non-hydrogen) atoms. The molecule has 2 aromatic heterocycles. The second-order valence-electron chi connectivity index (χ2n) is 7.53. The summed E-state index contributed by atoms with van der Waals surface area (Å²) in [7, 11) is 2.02. The molecule has 0 unspecified atom stereocenters. The first-order chi connectivity index (χ1) is 10.9. The summed E-state index contributed by atoms with van der Waals surface area (Å²) in [5.41, 5.74) is 8.55. The molecule has 1 aliphatic carbocycles. The first kappa shape index (κ1) is 15.9.